The van der Waals surface area contributed by atoms with Gasteiger partial charge in [0.05, 0.1) is 13.1 Å². The highest BCUT2D eigenvalue weighted by atomic mass is 127. The second kappa shape index (κ2) is 3.83. The molecule has 0 aliphatic carbocycles. The molecule has 0 bridgehead atoms. The van der Waals surface area contributed by atoms with E-state index in [-0.39, 0.29) is 0 Å². The van der Waals surface area contributed by atoms with E-state index in [1.165, 1.54) is 6.07 Å². The van der Waals surface area contributed by atoms with Crippen molar-refractivity contribution in [1.82, 2.24) is 4.90 Å². The molecule has 1 fully saturated rings. The number of alkyl halides is 2. The maximum absolute atomic E-state index is 12.6. The van der Waals surface area contributed by atoms with Crippen molar-refractivity contribution in [3.63, 3.8) is 0 Å². The minimum atomic E-state index is -2.73. The van der Waals surface area contributed by atoms with Gasteiger partial charge in [0.1, 0.15) is 0 Å². The molecule has 2 N–H and O–H groups in total. The highest BCUT2D eigenvalue weighted by molar-refractivity contribution is 14.1. The minimum Gasteiger partial charge on any atom is -0.398 e. The topological polar surface area (TPSA) is 46.3 Å². The predicted molar refractivity (Wildman–Crippen MR) is 64.4 cm³/mol. The average Bonchev–Trinajstić information content (AvgIpc) is 2.17. The molecule has 3 nitrogen and oxygen atoms in total. The lowest BCUT2D eigenvalue weighted by molar-refractivity contribution is -0.113. The Hall–Kier alpha value is -0.920. The van der Waals surface area contributed by atoms with Crippen molar-refractivity contribution in [3.05, 3.63) is 27.3 Å². The lowest BCUT2D eigenvalue weighted by atomic mass is 10.1. The number of hydrogen-bond donors (Lipinski definition) is 1. The van der Waals surface area contributed by atoms with Crippen molar-refractivity contribution in [2.45, 2.75) is 5.92 Å². The van der Waals surface area contributed by atoms with E-state index in [0.29, 0.717) is 11.3 Å². The molecule has 0 saturated carbocycles. The number of benzene rings is 1. The molecule has 6 heteroatoms. The van der Waals surface area contributed by atoms with E-state index in [1.807, 2.05) is 22.6 Å². The first-order chi connectivity index (χ1) is 7.39. The highest BCUT2D eigenvalue weighted by Crippen LogP contribution is 2.28. The molecule has 0 aromatic heterocycles. The molecule has 86 valence electrons. The minimum absolute atomic E-state index is 0.355. The van der Waals surface area contributed by atoms with Crippen LogP contribution in [0.25, 0.3) is 0 Å². The molecule has 0 radical (unpaired) electrons. The van der Waals surface area contributed by atoms with Gasteiger partial charge in [-0.2, -0.15) is 0 Å². The first-order valence-electron chi connectivity index (χ1n) is 4.61. The quantitative estimate of drug-likeness (QED) is 0.629. The van der Waals surface area contributed by atoms with Crippen LogP contribution in [0.2, 0.25) is 0 Å². The molecule has 0 spiro atoms. The number of likely N-dealkylation sites (tertiary alicyclic amines) is 1. The van der Waals surface area contributed by atoms with E-state index in [1.54, 1.807) is 12.1 Å². The van der Waals surface area contributed by atoms with Crippen LogP contribution in [0.3, 0.4) is 0 Å². The summed E-state index contributed by atoms with van der Waals surface area (Å²) in [6.45, 7) is -1.00. The van der Waals surface area contributed by atoms with Crippen LogP contribution in [0.5, 0.6) is 0 Å². The molecular weight excluding hydrogens is 329 g/mol. The molecule has 2 rings (SSSR count). The van der Waals surface area contributed by atoms with Crippen molar-refractivity contribution < 1.29 is 13.6 Å². The Kier molecular flexibility index (Phi) is 2.77. The zero-order valence-electron chi connectivity index (χ0n) is 8.21. The van der Waals surface area contributed by atoms with Crippen LogP contribution in [0.1, 0.15) is 10.4 Å². The molecule has 1 aliphatic rings. The molecule has 16 heavy (non-hydrogen) atoms. The van der Waals surface area contributed by atoms with Crippen LogP contribution < -0.4 is 5.73 Å². The molecular formula is C10H9F2IN2O. The normalized spacial score (nSPS) is 18.1. The summed E-state index contributed by atoms with van der Waals surface area (Å²) in [5.41, 5.74) is 6.48. The van der Waals surface area contributed by atoms with Gasteiger partial charge in [-0.05, 0) is 40.8 Å². The van der Waals surface area contributed by atoms with E-state index < -0.39 is 24.9 Å². The van der Waals surface area contributed by atoms with Gasteiger partial charge in [-0.1, -0.05) is 0 Å². The Morgan fingerprint density at radius 2 is 2.06 bits per heavy atom. The summed E-state index contributed by atoms with van der Waals surface area (Å²) in [7, 11) is 0. The Morgan fingerprint density at radius 1 is 1.44 bits per heavy atom. The van der Waals surface area contributed by atoms with Gasteiger partial charge in [-0.15, -0.1) is 0 Å². The molecule has 0 unspecified atom stereocenters. The zero-order valence-corrected chi connectivity index (χ0v) is 10.4. The molecule has 1 heterocycles. The second-order valence-electron chi connectivity index (χ2n) is 3.75. The number of amides is 1. The van der Waals surface area contributed by atoms with Crippen molar-refractivity contribution in [3.8, 4) is 0 Å². The van der Waals surface area contributed by atoms with Crippen molar-refractivity contribution in [2.75, 3.05) is 18.8 Å². The number of halogens is 3. The van der Waals surface area contributed by atoms with E-state index in [9.17, 15) is 13.6 Å². The van der Waals surface area contributed by atoms with Gasteiger partial charge < -0.3 is 10.6 Å². The number of carbonyl (C=O) groups is 1. The average molecular weight is 338 g/mol. The third kappa shape index (κ3) is 2.11. The lowest BCUT2D eigenvalue weighted by Gasteiger charge is -2.38. The summed E-state index contributed by atoms with van der Waals surface area (Å²) >= 11 is 2.04. The number of carbonyl (C=O) groups excluding carboxylic acids is 1. The third-order valence-corrected chi connectivity index (χ3v) is 3.36. The fraction of sp³-hybridized carbons (Fsp3) is 0.300. The van der Waals surface area contributed by atoms with Crippen molar-refractivity contribution in [1.29, 1.82) is 0 Å². The van der Waals surface area contributed by atoms with Gasteiger partial charge >= 0.3 is 0 Å². The number of hydrogen-bond acceptors (Lipinski definition) is 2. The van der Waals surface area contributed by atoms with E-state index in [0.717, 1.165) is 8.47 Å². The summed E-state index contributed by atoms with van der Waals surface area (Å²) in [5, 5.41) is 0. The van der Waals surface area contributed by atoms with Crippen LogP contribution in [0.15, 0.2) is 18.2 Å². The fourth-order valence-corrected chi connectivity index (χ4v) is 1.85. The molecule has 1 saturated heterocycles. The van der Waals surface area contributed by atoms with E-state index >= 15 is 0 Å². The number of nitrogen functional groups attached to an aromatic ring is 1. The molecule has 1 aliphatic heterocycles. The second-order valence-corrected chi connectivity index (χ2v) is 4.92. The molecule has 1 aromatic carbocycles. The number of nitrogens with zero attached hydrogens (tertiary/aromatic N) is 1. The van der Waals surface area contributed by atoms with Crippen molar-refractivity contribution >= 4 is 34.2 Å². The summed E-state index contributed by atoms with van der Waals surface area (Å²) in [6.07, 6.45) is 0. The standard InChI is InChI=1S/C10H9F2IN2O/c11-10(12)4-15(5-10)9(16)6-1-2-7(13)8(14)3-6/h1-3H,4-5,14H2. The van der Waals surface area contributed by atoms with E-state index in [4.69, 9.17) is 5.73 Å². The number of rotatable bonds is 1. The van der Waals surface area contributed by atoms with Crippen LogP contribution in [0, 0.1) is 3.57 Å². The molecule has 1 aromatic rings. The maximum Gasteiger partial charge on any atom is 0.282 e. The van der Waals surface area contributed by atoms with Gasteiger partial charge in [-0.3, -0.25) is 4.79 Å². The Labute approximate surface area is 105 Å². The Bertz CT molecular complexity index is 442. The Morgan fingerprint density at radius 3 is 2.56 bits per heavy atom. The summed E-state index contributed by atoms with van der Waals surface area (Å²) in [5.74, 6) is -3.13. The van der Waals surface area contributed by atoms with Crippen LogP contribution in [-0.2, 0) is 0 Å². The van der Waals surface area contributed by atoms with E-state index in [2.05, 4.69) is 0 Å². The number of nitrogens with two attached hydrogens (primary N) is 1. The fourth-order valence-electron chi connectivity index (χ4n) is 1.52. The number of anilines is 1. The SMILES string of the molecule is Nc1cc(C(=O)N2CC(F)(F)C2)ccc1I. The first kappa shape index (κ1) is 11.6. The molecule has 0 atom stereocenters. The summed E-state index contributed by atoms with van der Waals surface area (Å²) in [4.78, 5) is 12.8. The largest absolute Gasteiger partial charge is 0.398 e. The van der Waals surface area contributed by atoms with Gasteiger partial charge in [-0.25, -0.2) is 8.78 Å². The van der Waals surface area contributed by atoms with Gasteiger partial charge in [0.15, 0.2) is 0 Å². The summed E-state index contributed by atoms with van der Waals surface area (Å²) in [6, 6.07) is 4.80. The van der Waals surface area contributed by atoms with Crippen LogP contribution in [-0.4, -0.2) is 29.8 Å². The maximum atomic E-state index is 12.6. The van der Waals surface area contributed by atoms with Gasteiger partial charge in [0, 0.05) is 14.8 Å². The highest BCUT2D eigenvalue weighted by Gasteiger charge is 2.46. The van der Waals surface area contributed by atoms with Gasteiger partial charge in [0.25, 0.3) is 11.8 Å². The predicted octanol–water partition coefficient (Wildman–Crippen LogP) is 1.96. The third-order valence-electron chi connectivity index (χ3n) is 2.37. The molecule has 1 amide bonds. The van der Waals surface area contributed by atoms with Gasteiger partial charge in [0.2, 0.25) is 0 Å². The van der Waals surface area contributed by atoms with Crippen LogP contribution >= 0.6 is 22.6 Å². The Balaban J connectivity index is 2.13. The summed E-state index contributed by atoms with van der Waals surface area (Å²) < 4.78 is 26.0. The zero-order chi connectivity index (χ0) is 11.9. The monoisotopic (exact) mass is 338 g/mol. The lowest BCUT2D eigenvalue weighted by Crippen LogP contribution is -2.58. The smallest absolute Gasteiger partial charge is 0.282 e. The first-order valence-corrected chi connectivity index (χ1v) is 5.69. The van der Waals surface area contributed by atoms with Crippen molar-refractivity contribution in [2.24, 2.45) is 0 Å². The van der Waals surface area contributed by atoms with Crippen LogP contribution in [0.4, 0.5) is 14.5 Å².